The highest BCUT2D eigenvalue weighted by molar-refractivity contribution is 6.16. The topological polar surface area (TPSA) is 35.5 Å². The summed E-state index contributed by atoms with van der Waals surface area (Å²) < 4.78 is 10.7. The Balaban J connectivity index is 2.26. The van der Waals surface area contributed by atoms with Crippen molar-refractivity contribution >= 4 is 11.5 Å². The summed E-state index contributed by atoms with van der Waals surface area (Å²) in [7, 11) is 1.39. The molecule has 0 aliphatic carbocycles. The maximum absolute atomic E-state index is 11.9. The summed E-state index contributed by atoms with van der Waals surface area (Å²) in [6.07, 6.45) is 1.76. The molecule has 114 valence electrons. The van der Waals surface area contributed by atoms with Crippen LogP contribution in [0.5, 0.6) is 5.75 Å². The normalized spacial score (nSPS) is 11.1. The van der Waals surface area contributed by atoms with Gasteiger partial charge < -0.3 is 9.47 Å². The van der Waals surface area contributed by atoms with Gasteiger partial charge in [-0.2, -0.15) is 0 Å². The molecule has 0 aliphatic rings. The predicted octanol–water partition coefficient (Wildman–Crippen LogP) is 4.15. The zero-order valence-electron chi connectivity index (χ0n) is 13.1. The van der Waals surface area contributed by atoms with E-state index in [1.807, 2.05) is 62.4 Å². The Morgan fingerprint density at radius 1 is 1.09 bits per heavy atom. The largest absolute Gasteiger partial charge is 0.489 e. The van der Waals surface area contributed by atoms with Crippen molar-refractivity contribution in [2.24, 2.45) is 0 Å². The Kier molecular flexibility index (Phi) is 5.37. The minimum absolute atomic E-state index is 0.342. The second-order valence-electron chi connectivity index (χ2n) is 4.91. The molecule has 0 saturated carbocycles. The first-order valence-electron chi connectivity index (χ1n) is 7.18. The van der Waals surface area contributed by atoms with Gasteiger partial charge in [0.25, 0.3) is 0 Å². The minimum atomic E-state index is -0.342. The maximum atomic E-state index is 11.9. The summed E-state index contributed by atoms with van der Waals surface area (Å²) in [5, 5.41) is 0. The molecule has 0 N–H and O–H groups in total. The highest BCUT2D eigenvalue weighted by atomic mass is 16.5. The summed E-state index contributed by atoms with van der Waals surface area (Å²) in [6.45, 7) is 4.23. The van der Waals surface area contributed by atoms with Crippen LogP contribution in [0, 0.1) is 6.92 Å². The third-order valence-electron chi connectivity index (χ3n) is 3.48. The molecule has 0 atom stereocenters. The van der Waals surface area contributed by atoms with Crippen molar-refractivity contribution in [3.8, 4) is 5.75 Å². The SMILES string of the molecule is C/C=C(\C(=O)OC)c1ccccc1COc1ccccc1C. The summed E-state index contributed by atoms with van der Waals surface area (Å²) in [5.41, 5.74) is 3.42. The fourth-order valence-corrected chi connectivity index (χ4v) is 2.28. The van der Waals surface area contributed by atoms with Gasteiger partial charge >= 0.3 is 5.97 Å². The van der Waals surface area contributed by atoms with E-state index in [2.05, 4.69) is 0 Å². The molecule has 0 heterocycles. The number of benzene rings is 2. The van der Waals surface area contributed by atoms with Gasteiger partial charge in [-0.05, 0) is 36.6 Å². The van der Waals surface area contributed by atoms with Gasteiger partial charge in [-0.25, -0.2) is 4.79 Å². The number of carbonyl (C=O) groups is 1. The fraction of sp³-hybridized carbons (Fsp3) is 0.211. The number of rotatable bonds is 5. The van der Waals surface area contributed by atoms with Crippen molar-refractivity contribution in [1.29, 1.82) is 0 Å². The lowest BCUT2D eigenvalue weighted by Crippen LogP contribution is -2.07. The quantitative estimate of drug-likeness (QED) is 0.614. The molecular formula is C19H20O3. The number of hydrogen-bond acceptors (Lipinski definition) is 3. The van der Waals surface area contributed by atoms with E-state index >= 15 is 0 Å². The van der Waals surface area contributed by atoms with Gasteiger partial charge in [-0.1, -0.05) is 48.5 Å². The number of allylic oxidation sites excluding steroid dienone is 1. The van der Waals surface area contributed by atoms with Crippen LogP contribution in [0.1, 0.15) is 23.6 Å². The minimum Gasteiger partial charge on any atom is -0.489 e. The van der Waals surface area contributed by atoms with E-state index in [0.717, 1.165) is 22.4 Å². The van der Waals surface area contributed by atoms with Crippen LogP contribution in [-0.2, 0) is 16.1 Å². The molecule has 3 nitrogen and oxygen atoms in total. The number of ether oxygens (including phenoxy) is 2. The molecule has 2 aromatic carbocycles. The molecule has 3 heteroatoms. The summed E-state index contributed by atoms with van der Waals surface area (Å²) in [5.74, 6) is 0.503. The van der Waals surface area contributed by atoms with E-state index in [4.69, 9.17) is 9.47 Å². The van der Waals surface area contributed by atoms with Gasteiger partial charge in [0.2, 0.25) is 0 Å². The van der Waals surface area contributed by atoms with E-state index in [-0.39, 0.29) is 5.97 Å². The molecule has 0 aliphatic heterocycles. The smallest absolute Gasteiger partial charge is 0.338 e. The van der Waals surface area contributed by atoms with Crippen molar-refractivity contribution in [2.75, 3.05) is 7.11 Å². The van der Waals surface area contributed by atoms with Crippen LogP contribution in [0.2, 0.25) is 0 Å². The van der Waals surface area contributed by atoms with Crippen molar-refractivity contribution in [2.45, 2.75) is 20.5 Å². The summed E-state index contributed by atoms with van der Waals surface area (Å²) in [4.78, 5) is 11.9. The highest BCUT2D eigenvalue weighted by Crippen LogP contribution is 2.23. The van der Waals surface area contributed by atoms with Gasteiger partial charge in [0.05, 0.1) is 12.7 Å². The number of para-hydroxylation sites is 1. The first kappa shape index (κ1) is 15.8. The molecule has 2 aromatic rings. The van der Waals surface area contributed by atoms with E-state index in [0.29, 0.717) is 12.2 Å². The second-order valence-corrected chi connectivity index (χ2v) is 4.91. The van der Waals surface area contributed by atoms with Gasteiger partial charge in [0.15, 0.2) is 0 Å². The van der Waals surface area contributed by atoms with Crippen LogP contribution in [0.25, 0.3) is 5.57 Å². The standard InChI is InChI=1S/C19H20O3/c1-4-16(19(20)21-3)17-11-7-6-10-15(17)13-22-18-12-8-5-9-14(18)2/h4-12H,13H2,1-3H3/b16-4-. The molecule has 0 bridgehead atoms. The Morgan fingerprint density at radius 3 is 2.45 bits per heavy atom. The fourth-order valence-electron chi connectivity index (χ4n) is 2.28. The lowest BCUT2D eigenvalue weighted by atomic mass is 10.00. The monoisotopic (exact) mass is 296 g/mol. The molecular weight excluding hydrogens is 276 g/mol. The molecule has 0 amide bonds. The zero-order chi connectivity index (χ0) is 15.9. The Hall–Kier alpha value is -2.55. The van der Waals surface area contributed by atoms with E-state index in [9.17, 15) is 4.79 Å². The first-order chi connectivity index (χ1) is 10.7. The Labute approximate surface area is 131 Å². The number of methoxy groups -OCH3 is 1. The number of aryl methyl sites for hydroxylation is 1. The molecule has 22 heavy (non-hydrogen) atoms. The lowest BCUT2D eigenvalue weighted by molar-refractivity contribution is -0.133. The Morgan fingerprint density at radius 2 is 1.77 bits per heavy atom. The highest BCUT2D eigenvalue weighted by Gasteiger charge is 2.15. The van der Waals surface area contributed by atoms with E-state index < -0.39 is 0 Å². The van der Waals surface area contributed by atoms with Crippen molar-refractivity contribution < 1.29 is 14.3 Å². The van der Waals surface area contributed by atoms with E-state index in [1.54, 1.807) is 6.08 Å². The van der Waals surface area contributed by atoms with Crippen molar-refractivity contribution in [3.05, 3.63) is 71.3 Å². The van der Waals surface area contributed by atoms with Crippen LogP contribution in [-0.4, -0.2) is 13.1 Å². The van der Waals surface area contributed by atoms with Crippen LogP contribution in [0.15, 0.2) is 54.6 Å². The van der Waals surface area contributed by atoms with Crippen LogP contribution < -0.4 is 4.74 Å². The summed E-state index contributed by atoms with van der Waals surface area (Å²) >= 11 is 0. The first-order valence-corrected chi connectivity index (χ1v) is 7.18. The third-order valence-corrected chi connectivity index (χ3v) is 3.48. The van der Waals surface area contributed by atoms with Crippen molar-refractivity contribution in [3.63, 3.8) is 0 Å². The summed E-state index contributed by atoms with van der Waals surface area (Å²) in [6, 6.07) is 15.6. The van der Waals surface area contributed by atoms with Crippen LogP contribution in [0.4, 0.5) is 0 Å². The number of carbonyl (C=O) groups excluding carboxylic acids is 1. The maximum Gasteiger partial charge on any atom is 0.338 e. The number of hydrogen-bond donors (Lipinski definition) is 0. The Bertz CT molecular complexity index is 687. The van der Waals surface area contributed by atoms with Gasteiger partial charge in [-0.15, -0.1) is 0 Å². The van der Waals surface area contributed by atoms with Crippen molar-refractivity contribution in [1.82, 2.24) is 0 Å². The van der Waals surface area contributed by atoms with Crippen LogP contribution >= 0.6 is 0 Å². The molecule has 0 aromatic heterocycles. The zero-order valence-corrected chi connectivity index (χ0v) is 13.1. The molecule has 0 spiro atoms. The average molecular weight is 296 g/mol. The van der Waals surface area contributed by atoms with Gasteiger partial charge in [0.1, 0.15) is 12.4 Å². The average Bonchev–Trinajstić information content (AvgIpc) is 2.55. The molecule has 0 radical (unpaired) electrons. The lowest BCUT2D eigenvalue weighted by Gasteiger charge is -2.13. The molecule has 0 saturated heterocycles. The van der Waals surface area contributed by atoms with E-state index in [1.165, 1.54) is 7.11 Å². The predicted molar refractivity (Wildman–Crippen MR) is 87.6 cm³/mol. The molecule has 0 fully saturated rings. The van der Waals surface area contributed by atoms with Gasteiger partial charge in [-0.3, -0.25) is 0 Å². The second kappa shape index (κ2) is 7.46. The van der Waals surface area contributed by atoms with Crippen LogP contribution in [0.3, 0.4) is 0 Å². The molecule has 0 unspecified atom stereocenters. The number of esters is 1. The third kappa shape index (κ3) is 3.55. The molecule has 2 rings (SSSR count). The van der Waals surface area contributed by atoms with Gasteiger partial charge in [0, 0.05) is 0 Å².